The Kier molecular flexibility index (Phi) is 9.18. The molecule has 3 unspecified atom stereocenters. The highest BCUT2D eigenvalue weighted by molar-refractivity contribution is 5.26. The van der Waals surface area contributed by atoms with Crippen molar-refractivity contribution in [2.45, 2.75) is 98.4 Å². The van der Waals surface area contributed by atoms with Crippen molar-refractivity contribution in [2.24, 2.45) is 23.2 Å². The maximum absolute atomic E-state index is 9.97. The van der Waals surface area contributed by atoms with Gasteiger partial charge in [0.05, 0.1) is 17.8 Å². The van der Waals surface area contributed by atoms with E-state index >= 15 is 0 Å². The van der Waals surface area contributed by atoms with E-state index in [2.05, 4.69) is 53.3 Å². The standard InChI is InChI=1S/C25H44O3/c1-17(11-10-14-24(5,6)28)20(4)25(7,8)18(2)12-9-13-21-15-22(26)19(3)23(27)16-21/h9,12-13,17-18,20,22-23,26-28H,3,10-11,14-16H2,1-2,4-8H3/b12-9+/t17?,18?,20?,22-,23-/m1/s1. The summed E-state index contributed by atoms with van der Waals surface area (Å²) in [5.41, 5.74) is 1.18. The highest BCUT2D eigenvalue weighted by Gasteiger charge is 2.33. The number of hydrogen-bond acceptors (Lipinski definition) is 3. The van der Waals surface area contributed by atoms with Crippen LogP contribution in [0.15, 0.2) is 36.0 Å². The Morgan fingerprint density at radius 3 is 2.11 bits per heavy atom. The predicted molar refractivity (Wildman–Crippen MR) is 119 cm³/mol. The van der Waals surface area contributed by atoms with Gasteiger partial charge in [0.2, 0.25) is 0 Å². The number of hydrogen-bond donors (Lipinski definition) is 3. The van der Waals surface area contributed by atoms with Gasteiger partial charge in [0.15, 0.2) is 0 Å². The van der Waals surface area contributed by atoms with Gasteiger partial charge in [-0.15, -0.1) is 0 Å². The van der Waals surface area contributed by atoms with E-state index in [-0.39, 0.29) is 5.41 Å². The first-order chi connectivity index (χ1) is 12.8. The Morgan fingerprint density at radius 2 is 1.61 bits per heavy atom. The van der Waals surface area contributed by atoms with Crippen molar-refractivity contribution >= 4 is 0 Å². The molecule has 5 atom stereocenters. The summed E-state index contributed by atoms with van der Waals surface area (Å²) in [5, 5.41) is 29.9. The molecule has 162 valence electrons. The fraction of sp³-hybridized carbons (Fsp3) is 0.760. The van der Waals surface area contributed by atoms with E-state index in [0.29, 0.717) is 36.2 Å². The second-order valence-corrected chi connectivity index (χ2v) is 10.3. The molecule has 0 saturated heterocycles. The maximum Gasteiger partial charge on any atom is 0.0809 e. The number of rotatable bonds is 9. The van der Waals surface area contributed by atoms with E-state index in [1.165, 1.54) is 0 Å². The van der Waals surface area contributed by atoms with Gasteiger partial charge in [0.1, 0.15) is 0 Å². The number of allylic oxidation sites excluding steroid dienone is 3. The minimum atomic E-state index is -0.637. The van der Waals surface area contributed by atoms with Gasteiger partial charge in [-0.2, -0.15) is 0 Å². The van der Waals surface area contributed by atoms with Gasteiger partial charge in [-0.1, -0.05) is 77.8 Å². The van der Waals surface area contributed by atoms with Gasteiger partial charge in [-0.3, -0.25) is 0 Å². The van der Waals surface area contributed by atoms with Crippen molar-refractivity contribution in [1.82, 2.24) is 0 Å². The zero-order valence-corrected chi connectivity index (χ0v) is 19.2. The topological polar surface area (TPSA) is 60.7 Å². The third-order valence-corrected chi connectivity index (χ3v) is 7.15. The molecule has 1 fully saturated rings. The lowest BCUT2D eigenvalue weighted by atomic mass is 9.65. The van der Waals surface area contributed by atoms with E-state index in [1.54, 1.807) is 0 Å². The molecule has 0 spiro atoms. The second-order valence-electron chi connectivity index (χ2n) is 10.3. The van der Waals surface area contributed by atoms with Crippen molar-refractivity contribution in [3.05, 3.63) is 36.0 Å². The van der Waals surface area contributed by atoms with Crippen LogP contribution in [0.2, 0.25) is 0 Å². The molecule has 1 saturated carbocycles. The lowest BCUT2D eigenvalue weighted by Crippen LogP contribution is -2.32. The molecule has 0 heterocycles. The first-order valence-corrected chi connectivity index (χ1v) is 10.9. The summed E-state index contributed by atoms with van der Waals surface area (Å²) in [4.78, 5) is 0. The first kappa shape index (κ1) is 25.1. The molecule has 0 amide bonds. The molecule has 0 aromatic rings. The Morgan fingerprint density at radius 1 is 1.07 bits per heavy atom. The Hall–Kier alpha value is -0.900. The van der Waals surface area contributed by atoms with Crippen molar-refractivity contribution in [2.75, 3.05) is 0 Å². The zero-order valence-electron chi connectivity index (χ0n) is 19.2. The first-order valence-electron chi connectivity index (χ1n) is 10.9. The molecule has 3 nitrogen and oxygen atoms in total. The van der Waals surface area contributed by atoms with Crippen LogP contribution < -0.4 is 0 Å². The summed E-state index contributed by atoms with van der Waals surface area (Å²) in [6, 6.07) is 0. The summed E-state index contributed by atoms with van der Waals surface area (Å²) >= 11 is 0. The third kappa shape index (κ3) is 7.50. The summed E-state index contributed by atoms with van der Waals surface area (Å²) in [6.45, 7) is 19.1. The van der Waals surface area contributed by atoms with Crippen LogP contribution in [0.3, 0.4) is 0 Å². The summed E-state index contributed by atoms with van der Waals surface area (Å²) in [5.74, 6) is 1.56. The highest BCUT2D eigenvalue weighted by Crippen LogP contribution is 2.41. The van der Waals surface area contributed by atoms with Gasteiger partial charge < -0.3 is 15.3 Å². The van der Waals surface area contributed by atoms with E-state index in [9.17, 15) is 15.3 Å². The van der Waals surface area contributed by atoms with Gasteiger partial charge in [0.25, 0.3) is 0 Å². The Labute approximate surface area is 173 Å². The Bertz CT molecular complexity index is 549. The fourth-order valence-corrected chi connectivity index (χ4v) is 4.06. The monoisotopic (exact) mass is 392 g/mol. The van der Waals surface area contributed by atoms with Crippen molar-refractivity contribution in [3.8, 4) is 0 Å². The van der Waals surface area contributed by atoms with Crippen LogP contribution in [0.4, 0.5) is 0 Å². The van der Waals surface area contributed by atoms with Crippen molar-refractivity contribution in [1.29, 1.82) is 0 Å². The molecule has 3 heteroatoms. The molecule has 1 rings (SSSR count). The van der Waals surface area contributed by atoms with Crippen molar-refractivity contribution in [3.63, 3.8) is 0 Å². The van der Waals surface area contributed by atoms with Crippen LogP contribution in [0, 0.1) is 23.2 Å². The van der Waals surface area contributed by atoms with Gasteiger partial charge in [-0.05, 0) is 61.9 Å². The minimum absolute atomic E-state index is 0.156. The van der Waals surface area contributed by atoms with E-state index in [1.807, 2.05) is 19.9 Å². The van der Waals surface area contributed by atoms with E-state index < -0.39 is 17.8 Å². The van der Waals surface area contributed by atoms with Crippen LogP contribution in [0.25, 0.3) is 0 Å². The number of aliphatic hydroxyl groups excluding tert-OH is 2. The smallest absolute Gasteiger partial charge is 0.0809 e. The SMILES string of the molecule is C=C1[C@H](O)CC(=C/C=C/C(C)C(C)(C)C(C)C(C)CCCC(C)(C)O)C[C@H]1O. The third-order valence-electron chi connectivity index (χ3n) is 7.15. The average molecular weight is 393 g/mol. The molecule has 0 aliphatic heterocycles. The van der Waals surface area contributed by atoms with Crippen LogP contribution in [0.1, 0.15) is 80.6 Å². The predicted octanol–water partition coefficient (Wildman–Crippen LogP) is 5.42. The van der Waals surface area contributed by atoms with E-state index in [4.69, 9.17) is 0 Å². The van der Waals surface area contributed by atoms with Crippen LogP contribution in [-0.2, 0) is 0 Å². The minimum Gasteiger partial charge on any atom is -0.390 e. The van der Waals surface area contributed by atoms with Crippen LogP contribution in [0.5, 0.6) is 0 Å². The zero-order chi connectivity index (χ0) is 21.7. The average Bonchev–Trinajstić information content (AvgIpc) is 2.57. The van der Waals surface area contributed by atoms with Crippen molar-refractivity contribution < 1.29 is 15.3 Å². The molecule has 0 aromatic carbocycles. The second kappa shape index (κ2) is 10.2. The quantitative estimate of drug-likeness (QED) is 0.459. The lowest BCUT2D eigenvalue weighted by Gasteiger charge is -2.40. The molecular weight excluding hydrogens is 348 g/mol. The Balaban J connectivity index is 2.65. The normalized spacial score (nSPS) is 25.1. The summed E-state index contributed by atoms with van der Waals surface area (Å²) < 4.78 is 0. The molecule has 28 heavy (non-hydrogen) atoms. The summed E-state index contributed by atoms with van der Waals surface area (Å²) in [7, 11) is 0. The summed E-state index contributed by atoms with van der Waals surface area (Å²) in [6.07, 6.45) is 9.26. The molecule has 1 aliphatic rings. The van der Waals surface area contributed by atoms with Gasteiger partial charge in [-0.25, -0.2) is 0 Å². The number of aliphatic hydroxyl groups is 3. The fourth-order valence-electron chi connectivity index (χ4n) is 4.06. The largest absolute Gasteiger partial charge is 0.390 e. The lowest BCUT2D eigenvalue weighted by molar-refractivity contribution is 0.0616. The molecule has 0 aromatic heterocycles. The molecular formula is C25H44O3. The van der Waals surface area contributed by atoms with Crippen LogP contribution in [-0.4, -0.2) is 33.1 Å². The van der Waals surface area contributed by atoms with Gasteiger partial charge >= 0.3 is 0 Å². The van der Waals surface area contributed by atoms with E-state index in [0.717, 1.165) is 24.8 Å². The van der Waals surface area contributed by atoms with Gasteiger partial charge in [0, 0.05) is 0 Å². The highest BCUT2D eigenvalue weighted by atomic mass is 16.3. The maximum atomic E-state index is 9.97. The molecule has 3 N–H and O–H groups in total. The molecule has 0 radical (unpaired) electrons. The van der Waals surface area contributed by atoms with Crippen LogP contribution >= 0.6 is 0 Å². The molecule has 1 aliphatic carbocycles. The molecule has 0 bridgehead atoms.